The summed E-state index contributed by atoms with van der Waals surface area (Å²) in [4.78, 5) is 29.2. The molecule has 0 saturated carbocycles. The molecular formula is C9H10N2O6. The lowest BCUT2D eigenvalue weighted by molar-refractivity contribution is 0.0509. The molecule has 0 radical (unpaired) electrons. The quantitative estimate of drug-likeness (QED) is 0.702. The molecule has 8 nitrogen and oxygen atoms in total. The van der Waals surface area contributed by atoms with Gasteiger partial charge in [-0.05, 0) is 6.92 Å². The van der Waals surface area contributed by atoms with Crippen LogP contribution in [0.4, 0.5) is 0 Å². The highest BCUT2D eigenvalue weighted by atomic mass is 16.5. The maximum atomic E-state index is 11.3. The molecule has 0 aliphatic carbocycles. The van der Waals surface area contributed by atoms with Crippen molar-refractivity contribution in [2.45, 2.75) is 6.92 Å². The zero-order chi connectivity index (χ0) is 13.0. The number of aromatic hydroxyl groups is 2. The van der Waals surface area contributed by atoms with Crippen LogP contribution in [0.2, 0.25) is 0 Å². The van der Waals surface area contributed by atoms with Crippen LogP contribution in [0, 0.1) is 0 Å². The maximum absolute atomic E-state index is 11.3. The third-order valence-electron chi connectivity index (χ3n) is 1.70. The number of esters is 2. The molecule has 0 saturated heterocycles. The summed E-state index contributed by atoms with van der Waals surface area (Å²) >= 11 is 0. The zero-order valence-electron chi connectivity index (χ0n) is 9.13. The number of carbonyl (C=O) groups is 2. The van der Waals surface area contributed by atoms with E-state index in [1.165, 1.54) is 0 Å². The van der Waals surface area contributed by atoms with E-state index in [1.807, 2.05) is 0 Å². The summed E-state index contributed by atoms with van der Waals surface area (Å²) in [5.41, 5.74) is -0.608. The molecule has 0 spiro atoms. The molecule has 1 heterocycles. The Morgan fingerprint density at radius 2 is 1.88 bits per heavy atom. The van der Waals surface area contributed by atoms with Gasteiger partial charge in [0.05, 0.1) is 13.7 Å². The normalized spacial score (nSPS) is 9.76. The molecule has 1 rings (SSSR count). The van der Waals surface area contributed by atoms with Crippen molar-refractivity contribution >= 4 is 11.9 Å². The minimum Gasteiger partial charge on any atom is -0.501 e. The van der Waals surface area contributed by atoms with E-state index in [0.717, 1.165) is 7.11 Å². The fourth-order valence-electron chi connectivity index (χ4n) is 0.969. The Morgan fingerprint density at radius 3 is 2.41 bits per heavy atom. The predicted molar refractivity (Wildman–Crippen MR) is 52.7 cm³/mol. The van der Waals surface area contributed by atoms with E-state index in [2.05, 4.69) is 19.4 Å². The number of methoxy groups -OCH3 is 1. The average molecular weight is 242 g/mol. The Morgan fingerprint density at radius 1 is 1.24 bits per heavy atom. The molecule has 0 aromatic carbocycles. The minimum absolute atomic E-state index is 0.0807. The van der Waals surface area contributed by atoms with Crippen LogP contribution in [0.1, 0.15) is 28.0 Å². The van der Waals surface area contributed by atoms with Gasteiger partial charge in [-0.3, -0.25) is 0 Å². The molecule has 0 amide bonds. The molecule has 17 heavy (non-hydrogen) atoms. The summed E-state index contributed by atoms with van der Waals surface area (Å²) in [5, 5.41) is 18.5. The first kappa shape index (κ1) is 12.7. The molecule has 1 aromatic heterocycles. The molecule has 2 N–H and O–H groups in total. The Bertz CT molecular complexity index is 459. The molecule has 8 heteroatoms. The molecule has 0 bridgehead atoms. The Hall–Kier alpha value is -2.38. The van der Waals surface area contributed by atoms with Crippen molar-refractivity contribution < 1.29 is 29.3 Å². The van der Waals surface area contributed by atoms with Crippen LogP contribution in [-0.2, 0) is 9.47 Å². The van der Waals surface area contributed by atoms with E-state index < -0.39 is 35.1 Å². The molecule has 1 aromatic rings. The van der Waals surface area contributed by atoms with Gasteiger partial charge in [-0.1, -0.05) is 0 Å². The largest absolute Gasteiger partial charge is 0.501 e. The fraction of sp³-hybridized carbons (Fsp3) is 0.333. The minimum atomic E-state index is -1.01. The van der Waals surface area contributed by atoms with E-state index in [1.54, 1.807) is 6.92 Å². The highest BCUT2D eigenvalue weighted by Crippen LogP contribution is 2.25. The van der Waals surface area contributed by atoms with Gasteiger partial charge in [0.25, 0.3) is 5.88 Å². The Labute approximate surface area is 95.8 Å². The second kappa shape index (κ2) is 5.10. The number of aromatic nitrogens is 2. The van der Waals surface area contributed by atoms with Gasteiger partial charge in [0, 0.05) is 0 Å². The van der Waals surface area contributed by atoms with E-state index >= 15 is 0 Å². The molecule has 0 atom stereocenters. The lowest BCUT2D eigenvalue weighted by Gasteiger charge is -2.05. The number of ether oxygens (including phenoxy) is 2. The van der Waals surface area contributed by atoms with Gasteiger partial charge in [0.2, 0.25) is 11.6 Å². The van der Waals surface area contributed by atoms with Gasteiger partial charge < -0.3 is 19.7 Å². The monoisotopic (exact) mass is 242 g/mol. The first-order valence-electron chi connectivity index (χ1n) is 4.56. The van der Waals surface area contributed by atoms with E-state index in [4.69, 9.17) is 0 Å². The van der Waals surface area contributed by atoms with Crippen LogP contribution in [0.15, 0.2) is 0 Å². The van der Waals surface area contributed by atoms with Gasteiger partial charge in [-0.15, -0.1) is 0 Å². The second-order valence-electron chi connectivity index (χ2n) is 2.78. The van der Waals surface area contributed by atoms with Gasteiger partial charge in [0.15, 0.2) is 5.69 Å². The summed E-state index contributed by atoms with van der Waals surface area (Å²) in [5.74, 6) is -4.23. The van der Waals surface area contributed by atoms with Crippen molar-refractivity contribution in [1.29, 1.82) is 0 Å². The van der Waals surface area contributed by atoms with Crippen LogP contribution in [0.25, 0.3) is 0 Å². The molecule has 0 aliphatic heterocycles. The summed E-state index contributed by atoms with van der Waals surface area (Å²) in [6.07, 6.45) is 0. The summed E-state index contributed by atoms with van der Waals surface area (Å²) in [6.45, 7) is 1.65. The topological polar surface area (TPSA) is 119 Å². The van der Waals surface area contributed by atoms with Crippen molar-refractivity contribution in [1.82, 2.24) is 9.97 Å². The SMILES string of the molecule is CCOC(=O)c1nc(O)c(O)c(C(=O)OC)n1. The lowest BCUT2D eigenvalue weighted by atomic mass is 10.3. The van der Waals surface area contributed by atoms with E-state index in [-0.39, 0.29) is 6.61 Å². The number of hydrogen-bond donors (Lipinski definition) is 2. The third kappa shape index (κ3) is 2.60. The first-order chi connectivity index (χ1) is 8.01. The summed E-state index contributed by atoms with van der Waals surface area (Å²) in [6, 6.07) is 0. The van der Waals surface area contributed by atoms with E-state index in [0.29, 0.717) is 0 Å². The van der Waals surface area contributed by atoms with Crippen molar-refractivity contribution in [3.63, 3.8) is 0 Å². The Kier molecular flexibility index (Phi) is 3.81. The smallest absolute Gasteiger partial charge is 0.376 e. The average Bonchev–Trinajstić information content (AvgIpc) is 2.31. The summed E-state index contributed by atoms with van der Waals surface area (Å²) in [7, 11) is 1.06. The third-order valence-corrected chi connectivity index (χ3v) is 1.70. The van der Waals surface area contributed by atoms with Crippen molar-refractivity contribution in [3.8, 4) is 11.6 Å². The van der Waals surface area contributed by atoms with Gasteiger partial charge in [-0.25, -0.2) is 14.6 Å². The Balaban J connectivity index is 3.23. The standard InChI is InChI=1S/C9H10N2O6/c1-3-17-9(15)6-10-4(8(14)16-2)5(12)7(13)11-6/h12H,3H2,1-2H3,(H,10,11,13). The lowest BCUT2D eigenvalue weighted by Crippen LogP contribution is -2.14. The number of hydrogen-bond acceptors (Lipinski definition) is 8. The zero-order valence-corrected chi connectivity index (χ0v) is 9.13. The maximum Gasteiger partial charge on any atom is 0.376 e. The van der Waals surface area contributed by atoms with Crippen molar-refractivity contribution in [2.75, 3.05) is 13.7 Å². The van der Waals surface area contributed by atoms with Crippen LogP contribution < -0.4 is 0 Å². The van der Waals surface area contributed by atoms with Crippen molar-refractivity contribution in [3.05, 3.63) is 11.5 Å². The van der Waals surface area contributed by atoms with Crippen LogP contribution >= 0.6 is 0 Å². The second-order valence-corrected chi connectivity index (χ2v) is 2.78. The number of nitrogens with zero attached hydrogens (tertiary/aromatic N) is 2. The summed E-state index contributed by atoms with van der Waals surface area (Å²) < 4.78 is 8.90. The van der Waals surface area contributed by atoms with Crippen LogP contribution in [-0.4, -0.2) is 45.8 Å². The highest BCUT2D eigenvalue weighted by Gasteiger charge is 2.23. The molecular weight excluding hydrogens is 232 g/mol. The van der Waals surface area contributed by atoms with Crippen LogP contribution in [0.3, 0.4) is 0 Å². The predicted octanol–water partition coefficient (Wildman–Crippen LogP) is -0.149. The van der Waals surface area contributed by atoms with Crippen LogP contribution in [0.5, 0.6) is 11.6 Å². The molecule has 0 aliphatic rings. The molecule has 0 fully saturated rings. The van der Waals surface area contributed by atoms with E-state index in [9.17, 15) is 19.8 Å². The van der Waals surface area contributed by atoms with Crippen molar-refractivity contribution in [2.24, 2.45) is 0 Å². The fourth-order valence-corrected chi connectivity index (χ4v) is 0.969. The number of rotatable bonds is 3. The highest BCUT2D eigenvalue weighted by molar-refractivity contribution is 5.93. The first-order valence-corrected chi connectivity index (χ1v) is 4.56. The van der Waals surface area contributed by atoms with Gasteiger partial charge >= 0.3 is 11.9 Å². The number of carbonyl (C=O) groups excluding carboxylic acids is 2. The van der Waals surface area contributed by atoms with Gasteiger partial charge in [0.1, 0.15) is 0 Å². The molecule has 92 valence electrons. The molecule has 0 unspecified atom stereocenters. The van der Waals surface area contributed by atoms with Gasteiger partial charge in [-0.2, -0.15) is 4.98 Å².